The molecule has 0 saturated heterocycles. The van der Waals surface area contributed by atoms with Crippen LogP contribution in [-0.2, 0) is 6.42 Å². The summed E-state index contributed by atoms with van der Waals surface area (Å²) in [6.07, 6.45) is 1.10. The molecule has 0 spiro atoms. The summed E-state index contributed by atoms with van der Waals surface area (Å²) < 4.78 is 16.9. The number of hydrogen-bond donors (Lipinski definition) is 0. The van der Waals surface area contributed by atoms with Crippen LogP contribution in [0.25, 0.3) is 103 Å². The fraction of sp³-hybridized carbons (Fsp3) is 0.0727. The Balaban J connectivity index is 0.0000000961. The Hall–Kier alpha value is -14.1. The number of aryl methyl sites for hydroxylation is 7. The molecule has 17 aromatic carbocycles. The molecule has 0 fully saturated rings. The molecular formula is C110H87N5O2S2. The molecule has 6 heterocycles. The van der Waals surface area contributed by atoms with Gasteiger partial charge in [0.25, 0.3) is 0 Å². The standard InChI is InChI=1S/C19H15NO.C19H15NS.C19H15N.C14H12.C13H10N2.C13H10O.C13H10S/c2*1-14-11-12-17-19(13-14)21-18-10-6-5-9-16(18)20(17)15-7-3-2-4-8-15;1-14-11-12-19-17(13-14)16-9-5-6-10-18(16)20(19)15-7-3-2-4-8-15;1-10-6-7-14-12(8-10)9-11-4-2-3-5-13(11)14;1-9-6-7-12-13(8-9)15-11-5-3-2-4-10(11)14-12;2*1-9-6-7-13-11(8-9)10-4-2-3-5-12(10)14-13/h2*2-13H,1H3;2-13H,1H3;2-8H,9H2,1H3;2-8H,1H3;2*2-8H,1H3. The van der Waals surface area contributed by atoms with Gasteiger partial charge < -0.3 is 23.5 Å². The van der Waals surface area contributed by atoms with Crippen molar-refractivity contribution in [2.75, 3.05) is 9.80 Å². The highest BCUT2D eigenvalue weighted by molar-refractivity contribution is 7.99. The van der Waals surface area contributed by atoms with Crippen molar-refractivity contribution < 1.29 is 9.15 Å². The zero-order valence-electron chi connectivity index (χ0n) is 67.5. The number of fused-ring (bicyclic) bond motifs is 18. The van der Waals surface area contributed by atoms with Gasteiger partial charge in [0.1, 0.15) is 11.2 Å². The van der Waals surface area contributed by atoms with Crippen molar-refractivity contribution in [1.82, 2.24) is 14.5 Å². The molecule has 0 atom stereocenters. The number of para-hydroxylation sites is 10. The quantitative estimate of drug-likeness (QED) is 0.163. The Morgan fingerprint density at radius 3 is 1.50 bits per heavy atom. The molecule has 7 nitrogen and oxygen atoms in total. The van der Waals surface area contributed by atoms with E-state index in [2.05, 4.69) is 382 Å². The number of anilines is 6. The van der Waals surface area contributed by atoms with Gasteiger partial charge in [0, 0.05) is 68.6 Å². The third kappa shape index (κ3) is 16.2. The van der Waals surface area contributed by atoms with Crippen LogP contribution in [0.15, 0.2) is 402 Å². The molecule has 576 valence electrons. The lowest BCUT2D eigenvalue weighted by Gasteiger charge is -2.33. The molecule has 0 radical (unpaired) electrons. The molecule has 9 heteroatoms. The monoisotopic (exact) mass is 1570 g/mol. The Bertz CT molecular complexity index is 7020. The van der Waals surface area contributed by atoms with Gasteiger partial charge in [-0.1, -0.05) is 258 Å². The second-order valence-electron chi connectivity index (χ2n) is 30.5. The van der Waals surface area contributed by atoms with E-state index < -0.39 is 0 Å². The predicted molar refractivity (Wildman–Crippen MR) is 505 cm³/mol. The zero-order valence-corrected chi connectivity index (χ0v) is 69.2. The maximum atomic E-state index is 6.07. The van der Waals surface area contributed by atoms with E-state index in [1.807, 2.05) is 102 Å². The van der Waals surface area contributed by atoms with Gasteiger partial charge in [-0.3, -0.25) is 0 Å². The molecule has 0 unspecified atom stereocenters. The summed E-state index contributed by atoms with van der Waals surface area (Å²) in [5, 5.41) is 7.83. The third-order valence-electron chi connectivity index (χ3n) is 21.7. The molecule has 0 amide bonds. The van der Waals surface area contributed by atoms with Gasteiger partial charge >= 0.3 is 0 Å². The Morgan fingerprint density at radius 2 is 0.739 bits per heavy atom. The SMILES string of the molecule is Cc1ccc2c(c1)Cc1ccccc1-2.Cc1ccc2c(c1)Oc1ccccc1N2c1ccccc1.Cc1ccc2c(c1)Sc1ccccc1N2c1ccccc1.Cc1ccc2c(c1)c1ccccc1n2-c1ccccc1.Cc1ccc2nc3ccccc3nc2c1.Cc1ccc2oc3ccccc3c2c1.Cc1ccc2sc3ccccc3c2c1. The average Bonchev–Trinajstić information content (AvgIpc) is 1.26. The highest BCUT2D eigenvalue weighted by atomic mass is 32.2. The summed E-state index contributed by atoms with van der Waals surface area (Å²) in [5.41, 5.74) is 31.3. The van der Waals surface area contributed by atoms with Gasteiger partial charge in [0.15, 0.2) is 11.5 Å². The van der Waals surface area contributed by atoms with Gasteiger partial charge in [0.05, 0.1) is 55.8 Å². The lowest BCUT2D eigenvalue weighted by atomic mass is 10.0. The van der Waals surface area contributed by atoms with Crippen LogP contribution in [0, 0.1) is 48.5 Å². The molecule has 2 aliphatic heterocycles. The van der Waals surface area contributed by atoms with Gasteiger partial charge in [0.2, 0.25) is 0 Å². The maximum absolute atomic E-state index is 6.07. The van der Waals surface area contributed by atoms with E-state index in [-0.39, 0.29) is 0 Å². The first-order valence-corrected chi connectivity index (χ1v) is 42.1. The normalized spacial score (nSPS) is 11.8. The number of hydrogen-bond acceptors (Lipinski definition) is 8. The largest absolute Gasteiger partial charge is 0.456 e. The number of rotatable bonds is 3. The summed E-state index contributed by atoms with van der Waals surface area (Å²) in [4.78, 5) is 16.3. The summed E-state index contributed by atoms with van der Waals surface area (Å²) >= 11 is 3.72. The molecule has 0 bridgehead atoms. The van der Waals surface area contributed by atoms with Crippen LogP contribution in [0.2, 0.25) is 0 Å². The number of benzene rings is 17. The molecule has 24 rings (SSSR count). The molecule has 3 aliphatic rings. The van der Waals surface area contributed by atoms with Gasteiger partial charge in [-0.2, -0.15) is 0 Å². The van der Waals surface area contributed by atoms with E-state index in [0.29, 0.717) is 0 Å². The fourth-order valence-electron chi connectivity index (χ4n) is 16.1. The molecule has 0 N–H and O–H groups in total. The number of aromatic nitrogens is 3. The number of thiophene rings is 1. The van der Waals surface area contributed by atoms with Crippen molar-refractivity contribution in [1.29, 1.82) is 0 Å². The van der Waals surface area contributed by atoms with Crippen molar-refractivity contribution >= 4 is 143 Å². The van der Waals surface area contributed by atoms with E-state index in [1.54, 1.807) is 0 Å². The first-order valence-electron chi connectivity index (χ1n) is 40.4. The van der Waals surface area contributed by atoms with Crippen LogP contribution < -0.4 is 14.5 Å². The minimum atomic E-state index is 0.888. The summed E-state index contributed by atoms with van der Waals surface area (Å²) in [7, 11) is 0. The minimum absolute atomic E-state index is 0.888. The maximum Gasteiger partial charge on any atom is 0.151 e. The second kappa shape index (κ2) is 34.0. The van der Waals surface area contributed by atoms with Crippen molar-refractivity contribution in [3.8, 4) is 28.3 Å². The van der Waals surface area contributed by atoms with Crippen molar-refractivity contribution in [3.05, 3.63) is 438 Å². The number of ether oxygens (including phenoxy) is 1. The molecule has 119 heavy (non-hydrogen) atoms. The lowest BCUT2D eigenvalue weighted by Crippen LogP contribution is -2.15. The highest BCUT2D eigenvalue weighted by Crippen LogP contribution is 2.53. The van der Waals surface area contributed by atoms with E-state index >= 15 is 0 Å². The molecule has 4 aromatic heterocycles. The summed E-state index contributed by atoms with van der Waals surface area (Å²) in [6.45, 7) is 14.8. The van der Waals surface area contributed by atoms with Crippen LogP contribution in [0.3, 0.4) is 0 Å². The second-order valence-corrected chi connectivity index (χ2v) is 32.7. The van der Waals surface area contributed by atoms with E-state index in [4.69, 9.17) is 9.15 Å². The van der Waals surface area contributed by atoms with Crippen LogP contribution in [0.4, 0.5) is 34.1 Å². The molecule has 1 aliphatic carbocycles. The Kier molecular flexibility index (Phi) is 21.8. The topological polar surface area (TPSA) is 59.6 Å². The van der Waals surface area contributed by atoms with Gasteiger partial charge in [-0.25, -0.2) is 9.97 Å². The van der Waals surface area contributed by atoms with Crippen LogP contribution in [0.5, 0.6) is 11.5 Å². The van der Waals surface area contributed by atoms with Crippen molar-refractivity contribution in [3.63, 3.8) is 0 Å². The molecule has 21 aromatic rings. The van der Waals surface area contributed by atoms with Crippen LogP contribution >= 0.6 is 23.1 Å². The van der Waals surface area contributed by atoms with Gasteiger partial charge in [-0.15, -0.1) is 11.3 Å². The number of nitrogens with zero attached hydrogens (tertiary/aromatic N) is 5. The first kappa shape index (κ1) is 76.2. The minimum Gasteiger partial charge on any atom is -0.456 e. The van der Waals surface area contributed by atoms with Crippen molar-refractivity contribution in [2.24, 2.45) is 0 Å². The Morgan fingerprint density at radius 1 is 0.269 bits per heavy atom. The van der Waals surface area contributed by atoms with E-state index in [9.17, 15) is 0 Å². The van der Waals surface area contributed by atoms with Gasteiger partial charge in [-0.05, 0) is 258 Å². The van der Waals surface area contributed by atoms with Crippen LogP contribution in [-0.4, -0.2) is 14.5 Å². The third-order valence-corrected chi connectivity index (χ3v) is 24.0. The lowest BCUT2D eigenvalue weighted by molar-refractivity contribution is 0.476. The fourth-order valence-corrected chi connectivity index (χ4v) is 18.3. The zero-order chi connectivity index (χ0) is 80.9. The number of furan rings is 1. The average molecular weight is 1580 g/mol. The predicted octanol–water partition coefficient (Wildman–Crippen LogP) is 31.5. The van der Waals surface area contributed by atoms with Crippen molar-refractivity contribution in [2.45, 2.75) is 64.7 Å². The van der Waals surface area contributed by atoms with E-state index in [1.165, 1.54) is 146 Å². The first-order chi connectivity index (χ1) is 58.4. The molecular weight excluding hydrogens is 1490 g/mol. The molecule has 0 saturated carbocycles. The highest BCUT2D eigenvalue weighted by Gasteiger charge is 2.27. The Labute approximate surface area is 703 Å². The smallest absolute Gasteiger partial charge is 0.151 e. The summed E-state index contributed by atoms with van der Waals surface area (Å²) in [6, 6.07) is 136. The summed E-state index contributed by atoms with van der Waals surface area (Å²) in [5.74, 6) is 1.79. The van der Waals surface area contributed by atoms with Crippen LogP contribution in [0.1, 0.15) is 50.1 Å². The van der Waals surface area contributed by atoms with E-state index in [0.717, 1.165) is 68.2 Å².